The van der Waals surface area contributed by atoms with Crippen molar-refractivity contribution in [3.63, 3.8) is 0 Å². The van der Waals surface area contributed by atoms with E-state index in [4.69, 9.17) is 58.0 Å². The highest BCUT2D eigenvalue weighted by Gasteiger charge is 2.24. The van der Waals surface area contributed by atoms with Crippen LogP contribution in [-0.2, 0) is 6.61 Å². The first-order chi connectivity index (χ1) is 9.40. The van der Waals surface area contributed by atoms with Crippen molar-refractivity contribution in [2.75, 3.05) is 0 Å². The second kappa shape index (κ2) is 6.22. The fourth-order valence-electron chi connectivity index (χ4n) is 1.69. The van der Waals surface area contributed by atoms with Gasteiger partial charge in [0.2, 0.25) is 5.95 Å². The number of aliphatic hydroxyl groups excluding tert-OH is 1. The van der Waals surface area contributed by atoms with Crippen molar-refractivity contribution in [1.82, 2.24) is 4.98 Å². The molecule has 0 aliphatic rings. The maximum Gasteiger partial charge on any atom is 0.221 e. The van der Waals surface area contributed by atoms with E-state index in [1.165, 1.54) is 12.3 Å². The number of rotatable bonds is 2. The fourth-order valence-corrected chi connectivity index (χ4v) is 3.02. The molecule has 0 amide bonds. The number of aromatic nitrogens is 1. The van der Waals surface area contributed by atoms with Crippen LogP contribution < -0.4 is 0 Å². The van der Waals surface area contributed by atoms with Crippen LogP contribution >= 0.6 is 58.0 Å². The zero-order chi connectivity index (χ0) is 15.0. The Morgan fingerprint density at radius 1 is 0.900 bits per heavy atom. The summed E-state index contributed by atoms with van der Waals surface area (Å²) in [5.74, 6) is -0.852. The molecule has 1 N–H and O–H groups in total. The standard InChI is InChI=1S/C12H5Cl5FNO/c13-7-6(8(14)10(16)11(17)9(7)15)5-4(3-20)1-2-19-12(5)18/h1-2,20H,3H2. The van der Waals surface area contributed by atoms with Gasteiger partial charge in [-0.15, -0.1) is 0 Å². The molecule has 2 nitrogen and oxygen atoms in total. The van der Waals surface area contributed by atoms with E-state index in [1.807, 2.05) is 0 Å². The topological polar surface area (TPSA) is 33.1 Å². The number of pyridine rings is 1. The molecule has 0 saturated carbocycles. The van der Waals surface area contributed by atoms with E-state index in [0.717, 1.165) is 0 Å². The summed E-state index contributed by atoms with van der Waals surface area (Å²) < 4.78 is 14.0. The average molecular weight is 375 g/mol. The lowest BCUT2D eigenvalue weighted by Crippen LogP contribution is -1.98. The number of nitrogens with zero attached hydrogens (tertiary/aromatic N) is 1. The van der Waals surface area contributed by atoms with Gasteiger partial charge in [0.1, 0.15) is 0 Å². The van der Waals surface area contributed by atoms with Crippen molar-refractivity contribution in [2.24, 2.45) is 0 Å². The Labute approximate surface area is 139 Å². The van der Waals surface area contributed by atoms with Gasteiger partial charge < -0.3 is 5.11 Å². The molecule has 0 aliphatic heterocycles. The van der Waals surface area contributed by atoms with Gasteiger partial charge in [0.05, 0.1) is 31.7 Å². The SMILES string of the molecule is OCc1ccnc(F)c1-c1c(Cl)c(Cl)c(Cl)c(Cl)c1Cl. The number of aliphatic hydroxyl groups is 1. The summed E-state index contributed by atoms with van der Waals surface area (Å²) >= 11 is 29.9. The Morgan fingerprint density at radius 2 is 1.40 bits per heavy atom. The van der Waals surface area contributed by atoms with Crippen LogP contribution in [0.25, 0.3) is 11.1 Å². The quantitative estimate of drug-likeness (QED) is 0.418. The smallest absolute Gasteiger partial charge is 0.221 e. The third-order valence-electron chi connectivity index (χ3n) is 2.62. The van der Waals surface area contributed by atoms with E-state index in [-0.39, 0.29) is 41.8 Å². The molecule has 20 heavy (non-hydrogen) atoms. The van der Waals surface area contributed by atoms with Crippen LogP contribution in [0, 0.1) is 5.95 Å². The lowest BCUT2D eigenvalue weighted by molar-refractivity contribution is 0.281. The van der Waals surface area contributed by atoms with Crippen LogP contribution in [0.5, 0.6) is 0 Å². The summed E-state index contributed by atoms with van der Waals surface area (Å²) in [5.41, 5.74) is 0.226. The van der Waals surface area contributed by atoms with E-state index < -0.39 is 12.6 Å². The molecule has 106 valence electrons. The molecule has 0 unspecified atom stereocenters. The highest BCUT2D eigenvalue weighted by atomic mass is 35.5. The molecule has 1 aromatic heterocycles. The summed E-state index contributed by atoms with van der Waals surface area (Å²) in [4.78, 5) is 3.51. The van der Waals surface area contributed by atoms with Crippen LogP contribution in [0.3, 0.4) is 0 Å². The molecule has 1 aromatic carbocycles. The molecule has 0 bridgehead atoms. The van der Waals surface area contributed by atoms with E-state index in [2.05, 4.69) is 4.98 Å². The molecule has 0 saturated heterocycles. The molecule has 0 radical (unpaired) electrons. The molecule has 0 atom stereocenters. The van der Waals surface area contributed by atoms with Crippen LogP contribution in [0.15, 0.2) is 12.3 Å². The summed E-state index contributed by atoms with van der Waals surface area (Å²) in [6.45, 7) is -0.431. The van der Waals surface area contributed by atoms with E-state index in [9.17, 15) is 9.50 Å². The molecule has 2 rings (SSSR count). The van der Waals surface area contributed by atoms with Gasteiger partial charge in [0.15, 0.2) is 0 Å². The summed E-state index contributed by atoms with van der Waals surface area (Å²) in [6.07, 6.45) is 1.21. The second-order valence-corrected chi connectivity index (χ2v) is 5.63. The first-order valence-electron chi connectivity index (χ1n) is 5.16. The van der Waals surface area contributed by atoms with Gasteiger partial charge in [-0.2, -0.15) is 4.39 Å². The Hall–Kier alpha value is -0.290. The molecule has 0 aliphatic carbocycles. The Morgan fingerprint density at radius 3 is 1.90 bits per heavy atom. The van der Waals surface area contributed by atoms with E-state index in [0.29, 0.717) is 0 Å². The van der Waals surface area contributed by atoms with Crippen LogP contribution in [0.4, 0.5) is 4.39 Å². The van der Waals surface area contributed by atoms with Crippen molar-refractivity contribution >= 4 is 58.0 Å². The molecule has 2 aromatic rings. The fraction of sp³-hybridized carbons (Fsp3) is 0.0833. The maximum absolute atomic E-state index is 14.0. The largest absolute Gasteiger partial charge is 0.392 e. The minimum Gasteiger partial charge on any atom is -0.392 e. The third kappa shape index (κ3) is 2.59. The Bertz CT molecular complexity index is 663. The van der Waals surface area contributed by atoms with Crippen molar-refractivity contribution < 1.29 is 9.50 Å². The summed E-state index contributed by atoms with van der Waals surface area (Å²) in [5, 5.41) is 9.05. The highest BCUT2D eigenvalue weighted by Crippen LogP contribution is 2.49. The minimum absolute atomic E-state index is 0.0260. The number of halogens is 6. The Kier molecular flexibility index (Phi) is 5.00. The first kappa shape index (κ1) is 16.1. The van der Waals surface area contributed by atoms with Crippen LogP contribution in [0.2, 0.25) is 25.1 Å². The van der Waals surface area contributed by atoms with E-state index in [1.54, 1.807) is 0 Å². The van der Waals surface area contributed by atoms with Gasteiger partial charge in [-0.3, -0.25) is 0 Å². The normalized spacial score (nSPS) is 10.9. The van der Waals surface area contributed by atoms with E-state index >= 15 is 0 Å². The van der Waals surface area contributed by atoms with Crippen molar-refractivity contribution in [3.05, 3.63) is 48.9 Å². The van der Waals surface area contributed by atoms with Crippen molar-refractivity contribution in [2.45, 2.75) is 6.61 Å². The molecular formula is C12H5Cl5FNO. The van der Waals surface area contributed by atoms with Gasteiger partial charge in [-0.25, -0.2) is 4.98 Å². The third-order valence-corrected chi connectivity index (χ3v) is 4.90. The lowest BCUT2D eigenvalue weighted by Gasteiger charge is -2.15. The number of benzene rings is 1. The molecule has 1 heterocycles. The van der Waals surface area contributed by atoms with Crippen LogP contribution in [-0.4, -0.2) is 10.1 Å². The maximum atomic E-state index is 14.0. The minimum atomic E-state index is -0.852. The molecule has 0 fully saturated rings. The first-order valence-corrected chi connectivity index (χ1v) is 7.05. The number of hydrogen-bond acceptors (Lipinski definition) is 2. The van der Waals surface area contributed by atoms with Gasteiger partial charge in [0, 0.05) is 17.3 Å². The van der Waals surface area contributed by atoms with Crippen LogP contribution in [0.1, 0.15) is 5.56 Å². The Balaban J connectivity index is 2.91. The zero-order valence-electron chi connectivity index (χ0n) is 9.52. The molecular weight excluding hydrogens is 370 g/mol. The summed E-state index contributed by atoms with van der Waals surface area (Å²) in [7, 11) is 0. The van der Waals surface area contributed by atoms with Gasteiger partial charge in [0.25, 0.3) is 0 Å². The van der Waals surface area contributed by atoms with Gasteiger partial charge in [-0.05, 0) is 11.6 Å². The lowest BCUT2D eigenvalue weighted by atomic mass is 10.0. The molecule has 8 heteroatoms. The van der Waals surface area contributed by atoms with Gasteiger partial charge in [-0.1, -0.05) is 58.0 Å². The van der Waals surface area contributed by atoms with Crippen molar-refractivity contribution in [1.29, 1.82) is 0 Å². The second-order valence-electron chi connectivity index (χ2n) is 3.74. The molecule has 0 spiro atoms. The monoisotopic (exact) mass is 373 g/mol. The van der Waals surface area contributed by atoms with Crippen molar-refractivity contribution in [3.8, 4) is 11.1 Å². The highest BCUT2D eigenvalue weighted by molar-refractivity contribution is 6.56. The predicted molar refractivity (Wildman–Crippen MR) is 80.6 cm³/mol. The summed E-state index contributed by atoms with van der Waals surface area (Å²) in [6, 6.07) is 1.43. The number of hydrogen-bond donors (Lipinski definition) is 1. The average Bonchev–Trinajstić information content (AvgIpc) is 2.44. The van der Waals surface area contributed by atoms with Gasteiger partial charge >= 0.3 is 0 Å². The predicted octanol–water partition coefficient (Wildman–Crippen LogP) is 5.65. The zero-order valence-corrected chi connectivity index (χ0v) is 13.3.